The molecule has 0 unspecified atom stereocenters. The van der Waals surface area contributed by atoms with Gasteiger partial charge in [0.25, 0.3) is 0 Å². The molecule has 206 valence electrons. The van der Waals surface area contributed by atoms with Crippen molar-refractivity contribution < 1.29 is 13.7 Å². The fraction of sp³-hybridized carbons (Fsp3) is 0.0556. The van der Waals surface area contributed by atoms with Gasteiger partial charge in [-0.2, -0.15) is 9.97 Å². The van der Waals surface area contributed by atoms with Gasteiger partial charge in [-0.3, -0.25) is 4.90 Å². The first-order valence-electron chi connectivity index (χ1n) is 14.1. The van der Waals surface area contributed by atoms with Gasteiger partial charge in [-0.15, -0.1) is 0 Å². The van der Waals surface area contributed by atoms with Crippen LogP contribution in [0.1, 0.15) is 5.56 Å². The lowest BCUT2D eigenvalue weighted by molar-refractivity contribution is -0.660. The van der Waals surface area contributed by atoms with Crippen LogP contribution in [0.15, 0.2) is 126 Å². The highest BCUT2D eigenvalue weighted by atomic mass is 16.6. The average molecular weight is 561 g/mol. The molecule has 1 aliphatic rings. The zero-order valence-electron chi connectivity index (χ0n) is 23.6. The van der Waals surface area contributed by atoms with E-state index in [1.54, 1.807) is 0 Å². The summed E-state index contributed by atoms with van der Waals surface area (Å²) < 4.78 is 15.1. The normalized spacial score (nSPS) is 12.1. The minimum absolute atomic E-state index is 0.391. The molecule has 0 spiro atoms. The summed E-state index contributed by atoms with van der Waals surface area (Å²) in [6, 6.07) is 38.2. The number of aryl methyl sites for hydroxylation is 2. The van der Waals surface area contributed by atoms with E-state index < -0.39 is 0 Å². The molecule has 0 radical (unpaired) electrons. The lowest BCUT2D eigenvalue weighted by Crippen LogP contribution is -2.30. The van der Waals surface area contributed by atoms with Crippen molar-refractivity contribution in [2.45, 2.75) is 6.92 Å². The number of aromatic nitrogens is 4. The molecule has 0 saturated carbocycles. The van der Waals surface area contributed by atoms with Crippen LogP contribution in [-0.4, -0.2) is 15.0 Å². The lowest BCUT2D eigenvalue weighted by atomic mass is 10.0. The van der Waals surface area contributed by atoms with Crippen LogP contribution < -0.4 is 14.2 Å². The van der Waals surface area contributed by atoms with Crippen molar-refractivity contribution in [3.05, 3.63) is 127 Å². The van der Waals surface area contributed by atoms with E-state index >= 15 is 0 Å². The molecular formula is C36H26N5O2+. The van der Waals surface area contributed by atoms with Crippen LogP contribution in [0, 0.1) is 6.92 Å². The molecule has 4 aromatic carbocycles. The Balaban J connectivity index is 1.42. The fourth-order valence-electron chi connectivity index (χ4n) is 5.66. The molecular weight excluding hydrogens is 534 g/mol. The largest absolute Gasteiger partial charge is 0.423 e. The molecule has 4 heterocycles. The first kappa shape index (κ1) is 24.9. The molecule has 0 saturated heterocycles. The highest BCUT2D eigenvalue weighted by Crippen LogP contribution is 2.55. The molecule has 0 N–H and O–H groups in total. The number of fused-ring (bicyclic) bond motifs is 4. The minimum atomic E-state index is 0.391. The third-order valence-corrected chi connectivity index (χ3v) is 7.74. The third kappa shape index (κ3) is 4.13. The predicted octanol–water partition coefficient (Wildman–Crippen LogP) is 8.33. The number of ether oxygens (including phenoxy) is 1. The summed E-state index contributed by atoms with van der Waals surface area (Å²) in [4.78, 5) is 17.0. The van der Waals surface area contributed by atoms with Crippen molar-refractivity contribution in [1.82, 2.24) is 15.0 Å². The summed E-state index contributed by atoms with van der Waals surface area (Å²) in [6.07, 6.45) is 2.04. The number of furan rings is 1. The maximum atomic E-state index is 6.60. The van der Waals surface area contributed by atoms with Crippen LogP contribution in [0.4, 0.5) is 17.3 Å². The first-order valence-corrected chi connectivity index (χ1v) is 14.1. The summed E-state index contributed by atoms with van der Waals surface area (Å²) in [5.74, 6) is 2.67. The molecule has 7 aromatic rings. The highest BCUT2D eigenvalue weighted by Gasteiger charge is 2.35. The van der Waals surface area contributed by atoms with Gasteiger partial charge in [-0.05, 0) is 36.8 Å². The molecule has 0 fully saturated rings. The van der Waals surface area contributed by atoms with E-state index in [2.05, 4.69) is 29.7 Å². The fourth-order valence-corrected chi connectivity index (χ4v) is 5.66. The Kier molecular flexibility index (Phi) is 5.75. The molecule has 0 aliphatic carbocycles. The van der Waals surface area contributed by atoms with Crippen molar-refractivity contribution in [2.24, 2.45) is 7.05 Å². The van der Waals surface area contributed by atoms with E-state index in [1.165, 1.54) is 0 Å². The number of para-hydroxylation sites is 2. The molecule has 7 heteroatoms. The number of rotatable bonds is 4. The number of anilines is 3. The molecule has 0 bridgehead atoms. The first-order chi connectivity index (χ1) is 21.2. The quantitative estimate of drug-likeness (QED) is 0.202. The molecule has 8 rings (SSSR count). The van der Waals surface area contributed by atoms with Crippen molar-refractivity contribution >= 4 is 28.3 Å². The SMILES string of the molecule is Cc1ccc2c3c(oc2c1-c1cccc[n+]1C)Oc1ccccc1N3c1nc(-c2ccccc2)nc(-c2ccccc2)n1. The molecule has 0 amide bonds. The van der Waals surface area contributed by atoms with Gasteiger partial charge in [0.05, 0.1) is 11.3 Å². The second-order valence-electron chi connectivity index (χ2n) is 10.5. The van der Waals surface area contributed by atoms with Gasteiger partial charge < -0.3 is 9.15 Å². The smallest absolute Gasteiger partial charge is 0.316 e. The second-order valence-corrected chi connectivity index (χ2v) is 10.5. The summed E-state index contributed by atoms with van der Waals surface area (Å²) >= 11 is 0. The van der Waals surface area contributed by atoms with E-state index in [0.29, 0.717) is 29.3 Å². The van der Waals surface area contributed by atoms with E-state index in [4.69, 9.17) is 24.1 Å². The van der Waals surface area contributed by atoms with Gasteiger partial charge in [0, 0.05) is 28.6 Å². The number of hydrogen-bond donors (Lipinski definition) is 0. The lowest BCUT2D eigenvalue weighted by Gasteiger charge is -2.28. The van der Waals surface area contributed by atoms with Crippen molar-refractivity contribution in [1.29, 1.82) is 0 Å². The maximum Gasteiger partial charge on any atom is 0.316 e. The Labute approximate surface area is 248 Å². The van der Waals surface area contributed by atoms with E-state index in [-0.39, 0.29) is 0 Å². The van der Waals surface area contributed by atoms with Gasteiger partial charge in [-0.1, -0.05) is 78.9 Å². The van der Waals surface area contributed by atoms with Gasteiger partial charge in [0.1, 0.15) is 12.7 Å². The van der Waals surface area contributed by atoms with Gasteiger partial charge in [-0.25, -0.2) is 9.55 Å². The Morgan fingerprint density at radius 3 is 2.02 bits per heavy atom. The van der Waals surface area contributed by atoms with Crippen LogP contribution in [0.3, 0.4) is 0 Å². The Hall–Kier alpha value is -5.82. The van der Waals surface area contributed by atoms with Crippen LogP contribution in [-0.2, 0) is 7.05 Å². The predicted molar refractivity (Wildman–Crippen MR) is 167 cm³/mol. The monoisotopic (exact) mass is 560 g/mol. The number of pyridine rings is 1. The molecule has 3 aromatic heterocycles. The van der Waals surface area contributed by atoms with Crippen LogP contribution >= 0.6 is 0 Å². The van der Waals surface area contributed by atoms with Gasteiger partial charge >= 0.3 is 5.95 Å². The summed E-state index contributed by atoms with van der Waals surface area (Å²) in [5, 5.41) is 0.900. The standard InChI is InChI=1S/C36H26N5O2/c1-23-20-21-26-31-35(43-32(26)30(23)28-18-11-12-22-40(28)2)42-29-19-10-9-17-27(29)41(31)36-38-33(24-13-5-3-6-14-24)37-34(39-36)25-15-7-4-8-16-25/h3-22H,1-2H3/q+1. The summed E-state index contributed by atoms with van der Waals surface area (Å²) in [5.41, 5.74) is 7.25. The second kappa shape index (κ2) is 9.92. The molecule has 0 atom stereocenters. The van der Waals surface area contributed by atoms with Crippen molar-refractivity contribution in [2.75, 3.05) is 4.90 Å². The number of benzene rings is 4. The molecule has 43 heavy (non-hydrogen) atoms. The zero-order chi connectivity index (χ0) is 28.9. The summed E-state index contributed by atoms with van der Waals surface area (Å²) in [6.45, 7) is 2.10. The van der Waals surface area contributed by atoms with Crippen molar-refractivity contribution in [3.63, 3.8) is 0 Å². The van der Waals surface area contributed by atoms with Crippen LogP contribution in [0.2, 0.25) is 0 Å². The average Bonchev–Trinajstić information content (AvgIpc) is 3.42. The van der Waals surface area contributed by atoms with Crippen LogP contribution in [0.25, 0.3) is 45.0 Å². The molecule has 1 aliphatic heterocycles. The summed E-state index contributed by atoms with van der Waals surface area (Å²) in [7, 11) is 2.04. The Morgan fingerprint density at radius 2 is 1.33 bits per heavy atom. The topological polar surface area (TPSA) is 68.2 Å². The maximum absolute atomic E-state index is 6.60. The van der Waals surface area contributed by atoms with Crippen molar-refractivity contribution in [3.8, 4) is 45.7 Å². The Bertz CT molecular complexity index is 2080. The van der Waals surface area contributed by atoms with Crippen LogP contribution in [0.5, 0.6) is 11.7 Å². The number of nitrogens with zero attached hydrogens (tertiary/aromatic N) is 5. The Morgan fingerprint density at radius 1 is 0.674 bits per heavy atom. The zero-order valence-corrected chi connectivity index (χ0v) is 23.6. The van der Waals surface area contributed by atoms with E-state index in [1.807, 2.05) is 115 Å². The van der Waals surface area contributed by atoms with E-state index in [9.17, 15) is 0 Å². The van der Waals surface area contributed by atoms with E-state index in [0.717, 1.165) is 50.3 Å². The third-order valence-electron chi connectivity index (χ3n) is 7.74. The highest BCUT2D eigenvalue weighted by molar-refractivity contribution is 6.06. The number of hydrogen-bond acceptors (Lipinski definition) is 6. The minimum Gasteiger partial charge on any atom is -0.423 e. The molecule has 7 nitrogen and oxygen atoms in total. The van der Waals surface area contributed by atoms with Gasteiger partial charge in [0.2, 0.25) is 11.6 Å². The van der Waals surface area contributed by atoms with Gasteiger partial charge in [0.15, 0.2) is 29.2 Å².